The summed E-state index contributed by atoms with van der Waals surface area (Å²) in [7, 11) is 0. The maximum atomic E-state index is 11.4. The molecule has 2 heterocycles. The third-order valence-electron chi connectivity index (χ3n) is 4.11. The molecule has 6 heteroatoms. The highest BCUT2D eigenvalue weighted by molar-refractivity contribution is 5.73. The van der Waals surface area contributed by atoms with Crippen LogP contribution in [0.25, 0.3) is 0 Å². The van der Waals surface area contributed by atoms with Crippen molar-refractivity contribution in [3.05, 3.63) is 42.4 Å². The first kappa shape index (κ1) is 15.3. The second kappa shape index (κ2) is 6.64. The lowest BCUT2D eigenvalue weighted by molar-refractivity contribution is -0.129. The van der Waals surface area contributed by atoms with Crippen LogP contribution in [0, 0.1) is 0 Å². The minimum atomic E-state index is 0.126. The van der Waals surface area contributed by atoms with Gasteiger partial charge >= 0.3 is 0 Å². The largest absolute Gasteiger partial charge is 0.437 e. The number of ether oxygens (including phenoxy) is 1. The van der Waals surface area contributed by atoms with Crippen molar-refractivity contribution in [1.82, 2.24) is 14.9 Å². The van der Waals surface area contributed by atoms with Crippen molar-refractivity contribution in [2.24, 2.45) is 0 Å². The molecule has 0 atom stereocenters. The number of amides is 1. The van der Waals surface area contributed by atoms with E-state index in [9.17, 15) is 4.79 Å². The lowest BCUT2D eigenvalue weighted by Crippen LogP contribution is -2.36. The molecular weight excluding hydrogens is 292 g/mol. The lowest BCUT2D eigenvalue weighted by Gasteiger charge is -2.31. The number of nitrogen functional groups attached to an aromatic ring is 1. The Morgan fingerprint density at radius 2 is 1.83 bits per heavy atom. The molecule has 0 spiro atoms. The highest BCUT2D eigenvalue weighted by Gasteiger charge is 2.26. The number of benzene rings is 1. The molecule has 0 aliphatic carbocycles. The molecule has 0 unspecified atom stereocenters. The zero-order valence-corrected chi connectivity index (χ0v) is 13.1. The lowest BCUT2D eigenvalue weighted by atomic mass is 9.93. The van der Waals surface area contributed by atoms with Crippen LogP contribution in [0.5, 0.6) is 11.6 Å². The fraction of sp³-hybridized carbons (Fsp3) is 0.353. The number of hydrogen-bond acceptors (Lipinski definition) is 5. The number of hydrogen-bond donors (Lipinski definition) is 1. The third kappa shape index (κ3) is 3.59. The molecule has 0 saturated carbocycles. The van der Waals surface area contributed by atoms with Gasteiger partial charge in [0.15, 0.2) is 0 Å². The normalized spacial score (nSPS) is 15.4. The van der Waals surface area contributed by atoms with E-state index in [-0.39, 0.29) is 11.8 Å². The van der Waals surface area contributed by atoms with Gasteiger partial charge in [-0.05, 0) is 37.1 Å². The highest BCUT2D eigenvalue weighted by Crippen LogP contribution is 2.33. The Morgan fingerprint density at radius 3 is 2.48 bits per heavy atom. The molecule has 1 aliphatic rings. The quantitative estimate of drug-likeness (QED) is 0.881. The summed E-state index contributed by atoms with van der Waals surface area (Å²) in [5.74, 6) is 1.59. The van der Waals surface area contributed by atoms with E-state index in [1.54, 1.807) is 31.5 Å². The Kier molecular flexibility index (Phi) is 4.41. The van der Waals surface area contributed by atoms with E-state index in [1.807, 2.05) is 17.0 Å². The number of carbonyl (C=O) groups is 1. The van der Waals surface area contributed by atoms with Crippen LogP contribution in [0.4, 0.5) is 5.69 Å². The summed E-state index contributed by atoms with van der Waals surface area (Å²) in [4.78, 5) is 22.1. The summed E-state index contributed by atoms with van der Waals surface area (Å²) >= 11 is 0. The average Bonchev–Trinajstić information content (AvgIpc) is 2.57. The highest BCUT2D eigenvalue weighted by atomic mass is 16.5. The van der Waals surface area contributed by atoms with Gasteiger partial charge in [0.2, 0.25) is 11.8 Å². The number of rotatable bonds is 3. The van der Waals surface area contributed by atoms with E-state index in [4.69, 9.17) is 10.5 Å². The Bertz CT molecular complexity index is 679. The minimum Gasteiger partial charge on any atom is -0.437 e. The van der Waals surface area contributed by atoms with E-state index >= 15 is 0 Å². The van der Waals surface area contributed by atoms with E-state index in [2.05, 4.69) is 9.97 Å². The maximum Gasteiger partial charge on any atom is 0.241 e. The van der Waals surface area contributed by atoms with Gasteiger partial charge in [-0.2, -0.15) is 0 Å². The number of likely N-dealkylation sites (tertiary alicyclic amines) is 1. The van der Waals surface area contributed by atoms with Crippen LogP contribution >= 0.6 is 0 Å². The summed E-state index contributed by atoms with van der Waals surface area (Å²) in [6.45, 7) is 3.11. The molecule has 1 amide bonds. The smallest absolute Gasteiger partial charge is 0.241 e. The molecule has 0 radical (unpaired) electrons. The van der Waals surface area contributed by atoms with E-state index in [0.717, 1.165) is 31.6 Å². The second-order valence-electron chi connectivity index (χ2n) is 5.70. The summed E-state index contributed by atoms with van der Waals surface area (Å²) in [5.41, 5.74) is 7.23. The zero-order chi connectivity index (χ0) is 16.2. The van der Waals surface area contributed by atoms with Crippen LogP contribution in [0.1, 0.15) is 31.4 Å². The molecule has 23 heavy (non-hydrogen) atoms. The van der Waals surface area contributed by atoms with Crippen LogP contribution in [0.15, 0.2) is 36.7 Å². The monoisotopic (exact) mass is 312 g/mol. The van der Waals surface area contributed by atoms with Crippen LogP contribution in [-0.4, -0.2) is 33.9 Å². The van der Waals surface area contributed by atoms with Crippen molar-refractivity contribution >= 4 is 11.6 Å². The van der Waals surface area contributed by atoms with Crippen molar-refractivity contribution in [1.29, 1.82) is 0 Å². The van der Waals surface area contributed by atoms with Gasteiger partial charge in [0.05, 0.1) is 0 Å². The van der Waals surface area contributed by atoms with Gasteiger partial charge in [-0.25, -0.2) is 4.98 Å². The van der Waals surface area contributed by atoms with Crippen LogP contribution in [-0.2, 0) is 4.79 Å². The number of carbonyl (C=O) groups excluding carboxylic acids is 1. The Balaban J connectivity index is 1.76. The summed E-state index contributed by atoms with van der Waals surface area (Å²) in [6, 6.07) is 7.20. The Hall–Kier alpha value is -2.63. The Morgan fingerprint density at radius 1 is 1.17 bits per heavy atom. The first-order valence-electron chi connectivity index (χ1n) is 7.73. The maximum absolute atomic E-state index is 11.4. The summed E-state index contributed by atoms with van der Waals surface area (Å²) in [6.07, 6.45) is 5.05. The van der Waals surface area contributed by atoms with Gasteiger partial charge < -0.3 is 15.4 Å². The van der Waals surface area contributed by atoms with Gasteiger partial charge in [-0.15, -0.1) is 0 Å². The summed E-state index contributed by atoms with van der Waals surface area (Å²) in [5, 5.41) is 0. The molecule has 1 aromatic carbocycles. The molecular formula is C17H20N4O2. The second-order valence-corrected chi connectivity index (χ2v) is 5.70. The van der Waals surface area contributed by atoms with Crippen LogP contribution in [0.2, 0.25) is 0 Å². The van der Waals surface area contributed by atoms with Crippen molar-refractivity contribution in [2.75, 3.05) is 18.8 Å². The first-order chi connectivity index (χ1) is 11.1. The number of anilines is 1. The first-order valence-corrected chi connectivity index (χ1v) is 7.73. The van der Waals surface area contributed by atoms with Crippen molar-refractivity contribution in [2.45, 2.75) is 25.7 Å². The predicted octanol–water partition coefficient (Wildman–Crippen LogP) is 2.58. The van der Waals surface area contributed by atoms with Gasteiger partial charge in [0.1, 0.15) is 11.4 Å². The fourth-order valence-corrected chi connectivity index (χ4v) is 2.81. The number of nitrogens with two attached hydrogens (primary N) is 1. The average molecular weight is 312 g/mol. The van der Waals surface area contributed by atoms with Gasteiger partial charge in [0, 0.05) is 44.0 Å². The minimum absolute atomic E-state index is 0.126. The summed E-state index contributed by atoms with van der Waals surface area (Å²) < 4.78 is 5.88. The molecule has 3 rings (SSSR count). The van der Waals surface area contributed by atoms with Crippen LogP contribution < -0.4 is 10.5 Å². The molecule has 2 aromatic rings. The molecule has 1 aromatic heterocycles. The van der Waals surface area contributed by atoms with Crippen molar-refractivity contribution in [3.63, 3.8) is 0 Å². The Labute approximate surface area is 135 Å². The van der Waals surface area contributed by atoms with Gasteiger partial charge in [-0.1, -0.05) is 0 Å². The molecule has 2 N–H and O–H groups in total. The molecule has 6 nitrogen and oxygen atoms in total. The zero-order valence-electron chi connectivity index (χ0n) is 13.1. The predicted molar refractivity (Wildman–Crippen MR) is 87.2 cm³/mol. The van der Waals surface area contributed by atoms with E-state index in [1.165, 1.54) is 0 Å². The molecule has 1 aliphatic heterocycles. The molecule has 1 fully saturated rings. The number of aromatic nitrogens is 2. The molecule has 1 saturated heterocycles. The topological polar surface area (TPSA) is 81.3 Å². The van der Waals surface area contributed by atoms with E-state index < -0.39 is 0 Å². The van der Waals surface area contributed by atoms with Crippen molar-refractivity contribution < 1.29 is 9.53 Å². The molecule has 0 bridgehead atoms. The van der Waals surface area contributed by atoms with Gasteiger partial charge in [0.25, 0.3) is 0 Å². The number of piperidine rings is 1. The molecule has 120 valence electrons. The van der Waals surface area contributed by atoms with Crippen LogP contribution in [0.3, 0.4) is 0 Å². The third-order valence-corrected chi connectivity index (χ3v) is 4.11. The SMILES string of the molecule is CC(=O)N1CCC(c2nccnc2Oc2ccc(N)cc2)CC1. The fourth-order valence-electron chi connectivity index (χ4n) is 2.81. The standard InChI is InChI=1S/C17H20N4O2/c1-12(22)21-10-6-13(7-11-21)16-17(20-9-8-19-16)23-15-4-2-14(18)3-5-15/h2-5,8-9,13H,6-7,10-11,18H2,1H3. The number of nitrogens with zero attached hydrogens (tertiary/aromatic N) is 3. The van der Waals surface area contributed by atoms with Crippen molar-refractivity contribution in [3.8, 4) is 11.6 Å². The van der Waals surface area contributed by atoms with E-state index in [0.29, 0.717) is 17.3 Å². The van der Waals surface area contributed by atoms with Gasteiger partial charge in [-0.3, -0.25) is 9.78 Å².